The fourth-order valence-corrected chi connectivity index (χ4v) is 5.59. The number of hydrogen-bond acceptors (Lipinski definition) is 6. The number of hydrogen-bond donors (Lipinski definition) is 0. The van der Waals surface area contributed by atoms with E-state index < -0.39 is 26.7 Å². The van der Waals surface area contributed by atoms with Crippen LogP contribution in [0.3, 0.4) is 0 Å². The Hall–Kier alpha value is -2.59. The van der Waals surface area contributed by atoms with E-state index in [0.29, 0.717) is 36.2 Å². The first-order chi connectivity index (χ1) is 15.1. The molecule has 0 aliphatic carbocycles. The predicted octanol–water partition coefficient (Wildman–Crippen LogP) is 4.44. The van der Waals surface area contributed by atoms with E-state index in [9.17, 15) is 22.0 Å². The van der Waals surface area contributed by atoms with Gasteiger partial charge in [-0.15, -0.1) is 0 Å². The third kappa shape index (κ3) is 4.47. The molecule has 170 valence electrons. The lowest BCUT2D eigenvalue weighted by molar-refractivity contribution is 0.0595. The smallest absolute Gasteiger partial charge is 0.274 e. The number of amides is 1. The second-order valence-corrected chi connectivity index (χ2v) is 11.4. The zero-order valence-electron chi connectivity index (χ0n) is 17.5. The Labute approximate surface area is 188 Å². The van der Waals surface area contributed by atoms with Gasteiger partial charge in [0, 0.05) is 37.6 Å². The highest BCUT2D eigenvalue weighted by Crippen LogP contribution is 2.32. The summed E-state index contributed by atoms with van der Waals surface area (Å²) in [5.74, 6) is -1.63. The number of rotatable bonds is 5. The largest absolute Gasteiger partial charge is 0.467 e. The third-order valence-electron chi connectivity index (χ3n) is 5.42. The molecule has 1 fully saturated rings. The van der Waals surface area contributed by atoms with E-state index in [-0.39, 0.29) is 27.6 Å². The number of piperidine rings is 1. The highest BCUT2D eigenvalue weighted by Gasteiger charge is 2.27. The van der Waals surface area contributed by atoms with Gasteiger partial charge >= 0.3 is 0 Å². The predicted molar refractivity (Wildman–Crippen MR) is 118 cm³/mol. The van der Waals surface area contributed by atoms with Crippen molar-refractivity contribution >= 4 is 37.3 Å². The van der Waals surface area contributed by atoms with Gasteiger partial charge in [-0.3, -0.25) is 4.79 Å². The van der Waals surface area contributed by atoms with Gasteiger partial charge in [0.1, 0.15) is 17.4 Å². The molecule has 4 rings (SSSR count). The average Bonchev–Trinajstić information content (AvgIpc) is 3.16. The maximum absolute atomic E-state index is 13.9. The fraction of sp³-hybridized carbons (Fsp3) is 0.364. The SMILES string of the molecule is CC(C)S(=O)(=O)c1cccc(C(=O)N2CCC(Oc3nc4c(F)cc(F)cc4s3)CC2)c1. The molecule has 0 bridgehead atoms. The number of benzene rings is 2. The molecule has 3 aromatic rings. The van der Waals surface area contributed by atoms with Crippen molar-refractivity contribution < 1.29 is 26.7 Å². The number of likely N-dealkylation sites (tertiary alicyclic amines) is 1. The van der Waals surface area contributed by atoms with Gasteiger partial charge in [0.25, 0.3) is 11.1 Å². The minimum absolute atomic E-state index is 0.0789. The summed E-state index contributed by atoms with van der Waals surface area (Å²) in [7, 11) is -3.47. The lowest BCUT2D eigenvalue weighted by atomic mass is 10.1. The molecule has 0 radical (unpaired) electrons. The minimum Gasteiger partial charge on any atom is -0.467 e. The van der Waals surface area contributed by atoms with Gasteiger partial charge in [0.2, 0.25) is 0 Å². The summed E-state index contributed by atoms with van der Waals surface area (Å²) in [6.45, 7) is 4.06. The number of carbonyl (C=O) groups excluding carboxylic acids is 1. The van der Waals surface area contributed by atoms with Gasteiger partial charge in [0.05, 0.1) is 14.8 Å². The molecule has 0 unspecified atom stereocenters. The molecule has 32 heavy (non-hydrogen) atoms. The number of fused-ring (bicyclic) bond motifs is 1. The molecular weight excluding hydrogens is 458 g/mol. The summed E-state index contributed by atoms with van der Waals surface area (Å²) in [5.41, 5.74) is 0.407. The Morgan fingerprint density at radius 3 is 2.59 bits per heavy atom. The third-order valence-corrected chi connectivity index (χ3v) is 8.47. The molecule has 1 aliphatic rings. The highest BCUT2D eigenvalue weighted by atomic mass is 32.2. The maximum Gasteiger partial charge on any atom is 0.274 e. The van der Waals surface area contributed by atoms with Crippen LogP contribution in [0, 0.1) is 11.6 Å². The molecule has 6 nitrogen and oxygen atoms in total. The van der Waals surface area contributed by atoms with Crippen molar-refractivity contribution in [3.8, 4) is 5.19 Å². The summed E-state index contributed by atoms with van der Waals surface area (Å²) in [6, 6.07) is 8.12. The Morgan fingerprint density at radius 1 is 1.19 bits per heavy atom. The van der Waals surface area contributed by atoms with Crippen LogP contribution in [0.25, 0.3) is 10.2 Å². The topological polar surface area (TPSA) is 76.6 Å². The number of carbonyl (C=O) groups is 1. The maximum atomic E-state index is 13.9. The number of thiazole rings is 1. The molecule has 0 spiro atoms. The quantitative estimate of drug-likeness (QED) is 0.540. The molecule has 1 aromatic heterocycles. The first-order valence-electron chi connectivity index (χ1n) is 10.2. The normalized spacial score (nSPS) is 15.5. The van der Waals surface area contributed by atoms with Crippen LogP contribution >= 0.6 is 11.3 Å². The average molecular weight is 481 g/mol. The van der Waals surface area contributed by atoms with Gasteiger partial charge < -0.3 is 9.64 Å². The molecular formula is C22H22F2N2O4S2. The van der Waals surface area contributed by atoms with Gasteiger partial charge in [0.15, 0.2) is 15.7 Å². The molecule has 1 amide bonds. The van der Waals surface area contributed by atoms with Crippen LogP contribution in [0.4, 0.5) is 8.78 Å². The molecule has 10 heteroatoms. The second-order valence-electron chi connectivity index (χ2n) is 7.95. The minimum atomic E-state index is -3.47. The fourth-order valence-electron chi connectivity index (χ4n) is 3.57. The molecule has 0 saturated carbocycles. The lowest BCUT2D eigenvalue weighted by Gasteiger charge is -2.31. The van der Waals surface area contributed by atoms with E-state index in [1.54, 1.807) is 30.9 Å². The van der Waals surface area contributed by atoms with Crippen molar-refractivity contribution in [2.24, 2.45) is 0 Å². The van der Waals surface area contributed by atoms with E-state index >= 15 is 0 Å². The van der Waals surface area contributed by atoms with E-state index in [1.165, 1.54) is 18.2 Å². The van der Waals surface area contributed by atoms with Crippen LogP contribution in [0.5, 0.6) is 5.19 Å². The summed E-state index contributed by atoms with van der Waals surface area (Å²) in [5, 5.41) is -0.311. The van der Waals surface area contributed by atoms with E-state index in [2.05, 4.69) is 4.98 Å². The number of sulfone groups is 1. The number of ether oxygens (including phenoxy) is 1. The van der Waals surface area contributed by atoms with Crippen LogP contribution in [-0.2, 0) is 9.84 Å². The van der Waals surface area contributed by atoms with E-state index in [1.807, 2.05) is 0 Å². The Morgan fingerprint density at radius 2 is 1.91 bits per heavy atom. The molecule has 2 aromatic carbocycles. The summed E-state index contributed by atoms with van der Waals surface area (Å²) in [4.78, 5) is 18.8. The highest BCUT2D eigenvalue weighted by molar-refractivity contribution is 7.92. The van der Waals surface area contributed by atoms with Crippen molar-refractivity contribution in [1.82, 2.24) is 9.88 Å². The summed E-state index contributed by atoms with van der Waals surface area (Å²) in [6.07, 6.45) is 0.880. The number of aromatic nitrogens is 1. The standard InChI is InChI=1S/C22H22F2N2O4S2/c1-13(2)32(28,29)17-5-3-4-14(10-17)21(27)26-8-6-16(7-9-26)30-22-25-20-18(24)11-15(23)12-19(20)31-22/h3-5,10-13,16H,6-9H2,1-2H3. The van der Waals surface area contributed by atoms with Gasteiger partial charge in [-0.05, 0) is 38.1 Å². The van der Waals surface area contributed by atoms with Crippen LogP contribution in [0.2, 0.25) is 0 Å². The first kappa shape index (κ1) is 22.6. The first-order valence-corrected chi connectivity index (χ1v) is 12.6. The number of halogens is 2. The zero-order valence-corrected chi connectivity index (χ0v) is 19.2. The lowest BCUT2D eigenvalue weighted by Crippen LogP contribution is -2.41. The Balaban J connectivity index is 1.41. The van der Waals surface area contributed by atoms with Crippen molar-refractivity contribution in [3.63, 3.8) is 0 Å². The molecule has 1 saturated heterocycles. The summed E-state index contributed by atoms with van der Waals surface area (Å²) >= 11 is 1.08. The van der Waals surface area contributed by atoms with Crippen LogP contribution in [0.1, 0.15) is 37.0 Å². The van der Waals surface area contributed by atoms with Gasteiger partial charge in [-0.2, -0.15) is 4.98 Å². The second kappa shape index (κ2) is 8.74. The van der Waals surface area contributed by atoms with Crippen LogP contribution in [0.15, 0.2) is 41.3 Å². The van der Waals surface area contributed by atoms with Crippen molar-refractivity contribution in [3.05, 3.63) is 53.6 Å². The van der Waals surface area contributed by atoms with Crippen LogP contribution in [-0.4, -0.2) is 48.7 Å². The van der Waals surface area contributed by atoms with Gasteiger partial charge in [-0.25, -0.2) is 17.2 Å². The molecule has 2 heterocycles. The Kier molecular flexibility index (Phi) is 6.17. The monoisotopic (exact) mass is 480 g/mol. The van der Waals surface area contributed by atoms with Crippen molar-refractivity contribution in [2.75, 3.05) is 13.1 Å². The molecule has 1 aliphatic heterocycles. The molecule has 0 atom stereocenters. The van der Waals surface area contributed by atoms with Crippen molar-refractivity contribution in [2.45, 2.75) is 42.9 Å². The van der Waals surface area contributed by atoms with Crippen molar-refractivity contribution in [1.29, 1.82) is 0 Å². The zero-order chi connectivity index (χ0) is 23.0. The molecule has 0 N–H and O–H groups in total. The van der Waals surface area contributed by atoms with E-state index in [4.69, 9.17) is 4.74 Å². The van der Waals surface area contributed by atoms with Gasteiger partial charge in [-0.1, -0.05) is 17.4 Å². The Bertz CT molecular complexity index is 1270. The number of nitrogens with zero attached hydrogens (tertiary/aromatic N) is 2. The summed E-state index contributed by atoms with van der Waals surface area (Å²) < 4.78 is 58.3. The van der Waals surface area contributed by atoms with E-state index in [0.717, 1.165) is 17.4 Å². The van der Waals surface area contributed by atoms with Crippen LogP contribution < -0.4 is 4.74 Å².